The first kappa shape index (κ1) is 28.5. The van der Waals surface area contributed by atoms with E-state index in [0.29, 0.717) is 0 Å². The molecule has 0 aromatic heterocycles. The number of carboxylic acids is 2. The Hall–Kier alpha value is -3.46. The zero-order valence-electron chi connectivity index (χ0n) is 17.8. The second kappa shape index (κ2) is 13.8. The van der Waals surface area contributed by atoms with E-state index in [1.165, 1.54) is 13.8 Å². The van der Waals surface area contributed by atoms with Crippen LogP contribution < -0.4 is 33.2 Å². The number of hydrogen-bond acceptors (Lipinski definition) is 8. The number of carbonyl (C=O) groups is 5. The Bertz CT molecular complexity index is 724. The fourth-order valence-electron chi connectivity index (χ4n) is 2.37. The van der Waals surface area contributed by atoms with Crippen LogP contribution in [0.4, 0.5) is 0 Å². The van der Waals surface area contributed by atoms with E-state index in [1.54, 1.807) is 0 Å². The molecule has 0 heterocycles. The van der Waals surface area contributed by atoms with E-state index in [-0.39, 0.29) is 25.3 Å². The van der Waals surface area contributed by atoms with Crippen molar-refractivity contribution in [1.82, 2.24) is 16.0 Å². The van der Waals surface area contributed by atoms with Gasteiger partial charge in [0.1, 0.15) is 18.1 Å². The molecule has 0 aliphatic heterocycles. The van der Waals surface area contributed by atoms with Crippen molar-refractivity contribution in [3.8, 4) is 0 Å². The summed E-state index contributed by atoms with van der Waals surface area (Å²) in [6, 6.07) is -5.49. The van der Waals surface area contributed by atoms with Gasteiger partial charge in [-0.2, -0.15) is 0 Å². The van der Waals surface area contributed by atoms with Crippen LogP contribution in [0.3, 0.4) is 0 Å². The van der Waals surface area contributed by atoms with Gasteiger partial charge in [0, 0.05) is 6.54 Å². The first-order valence-electron chi connectivity index (χ1n) is 9.61. The van der Waals surface area contributed by atoms with Gasteiger partial charge in [-0.1, -0.05) is 0 Å². The molecule has 0 saturated heterocycles. The van der Waals surface area contributed by atoms with Crippen LogP contribution in [0.15, 0.2) is 4.99 Å². The number of nitrogens with two attached hydrogens (primary N) is 3. The molecular weight excluding hydrogens is 430 g/mol. The summed E-state index contributed by atoms with van der Waals surface area (Å²) in [6.07, 6.45) is -1.82. The van der Waals surface area contributed by atoms with Gasteiger partial charge in [0.05, 0.1) is 18.6 Å². The quantitative estimate of drug-likeness (QED) is 0.0679. The Morgan fingerprint density at radius 1 is 0.938 bits per heavy atom. The van der Waals surface area contributed by atoms with Crippen LogP contribution in [-0.4, -0.2) is 87.8 Å². The Labute approximate surface area is 183 Å². The number of rotatable bonds is 14. The number of hydrogen-bond donors (Lipinski definition) is 9. The second-order valence-electron chi connectivity index (χ2n) is 7.01. The highest BCUT2D eigenvalue weighted by molar-refractivity contribution is 5.94. The molecule has 32 heavy (non-hydrogen) atoms. The number of nitrogens with one attached hydrogen (secondary N) is 3. The van der Waals surface area contributed by atoms with Crippen molar-refractivity contribution in [2.45, 2.75) is 63.4 Å². The molecule has 3 amide bonds. The lowest BCUT2D eigenvalue weighted by Gasteiger charge is -2.24. The molecule has 0 fully saturated rings. The van der Waals surface area contributed by atoms with Crippen LogP contribution >= 0.6 is 0 Å². The third-order valence-corrected chi connectivity index (χ3v) is 4.11. The number of aliphatic imine (C=N–C) groups is 1. The zero-order chi connectivity index (χ0) is 25.0. The minimum atomic E-state index is -1.53. The molecule has 0 spiro atoms. The van der Waals surface area contributed by atoms with E-state index in [9.17, 15) is 34.2 Å². The minimum Gasteiger partial charge on any atom is -0.481 e. The number of aliphatic carboxylic acids is 2. The fourth-order valence-corrected chi connectivity index (χ4v) is 2.37. The molecule has 12 N–H and O–H groups in total. The van der Waals surface area contributed by atoms with Gasteiger partial charge in [-0.15, -0.1) is 0 Å². The zero-order valence-corrected chi connectivity index (χ0v) is 17.8. The van der Waals surface area contributed by atoms with Gasteiger partial charge in [0.25, 0.3) is 0 Å². The number of amides is 3. The SMILES string of the molecule is CC(NC(=O)C(NC(=O)C(N)CC(=O)O)C(C)O)C(=O)NC(CCCN=C(N)N)C(=O)O. The van der Waals surface area contributed by atoms with Crippen molar-refractivity contribution < 1.29 is 39.3 Å². The van der Waals surface area contributed by atoms with E-state index in [1.807, 2.05) is 0 Å². The molecule has 0 aliphatic rings. The van der Waals surface area contributed by atoms with E-state index in [0.717, 1.165) is 0 Å². The molecule has 0 aromatic rings. The summed E-state index contributed by atoms with van der Waals surface area (Å²) in [7, 11) is 0. The lowest BCUT2D eigenvalue weighted by molar-refractivity contribution is -0.142. The monoisotopic (exact) mass is 461 g/mol. The largest absolute Gasteiger partial charge is 0.481 e. The summed E-state index contributed by atoms with van der Waals surface area (Å²) < 4.78 is 0. The van der Waals surface area contributed by atoms with Crippen LogP contribution in [0.1, 0.15) is 33.1 Å². The standard InChI is InChI=1S/C17H31N7O8/c1-7(13(28)23-10(16(31)32)4-3-5-21-17(19)20)22-15(30)12(8(2)25)24-14(29)9(18)6-11(26)27/h7-10,12,25H,3-6,18H2,1-2H3,(H,22,30)(H,23,28)(H,24,29)(H,26,27)(H,31,32)(H4,19,20,21). The number of aliphatic hydroxyl groups is 1. The molecule has 15 heteroatoms. The summed E-state index contributed by atoms with van der Waals surface area (Å²) in [5.74, 6) is -5.56. The molecular formula is C17H31N7O8. The fraction of sp³-hybridized carbons (Fsp3) is 0.647. The number of aliphatic hydroxyl groups excluding tert-OH is 1. The Balaban J connectivity index is 4.95. The lowest BCUT2D eigenvalue weighted by Crippen LogP contribution is -2.59. The van der Waals surface area contributed by atoms with Gasteiger partial charge < -0.3 is 48.5 Å². The molecule has 5 atom stereocenters. The van der Waals surface area contributed by atoms with Gasteiger partial charge >= 0.3 is 11.9 Å². The van der Waals surface area contributed by atoms with Gasteiger partial charge in [-0.05, 0) is 26.7 Å². The minimum absolute atomic E-state index is 0.0202. The molecule has 182 valence electrons. The summed E-state index contributed by atoms with van der Waals surface area (Å²) in [6.45, 7) is 2.62. The molecule has 0 bridgehead atoms. The Kier molecular flexibility index (Phi) is 12.3. The highest BCUT2D eigenvalue weighted by Crippen LogP contribution is 2.01. The molecule has 0 aliphatic carbocycles. The van der Waals surface area contributed by atoms with Gasteiger partial charge in [-0.25, -0.2) is 4.79 Å². The maximum Gasteiger partial charge on any atom is 0.326 e. The van der Waals surface area contributed by atoms with Crippen molar-refractivity contribution in [1.29, 1.82) is 0 Å². The average molecular weight is 461 g/mol. The average Bonchev–Trinajstić information content (AvgIpc) is 2.66. The van der Waals surface area contributed by atoms with E-state index >= 15 is 0 Å². The Morgan fingerprint density at radius 2 is 1.53 bits per heavy atom. The molecule has 0 aromatic carbocycles. The van der Waals surface area contributed by atoms with E-state index in [2.05, 4.69) is 20.9 Å². The normalized spacial score (nSPS) is 15.2. The summed E-state index contributed by atoms with van der Waals surface area (Å²) in [5, 5.41) is 34.3. The highest BCUT2D eigenvalue weighted by Gasteiger charge is 2.31. The number of carboxylic acid groups (broad SMARTS) is 2. The summed E-state index contributed by atoms with van der Waals surface area (Å²) in [4.78, 5) is 62.3. The summed E-state index contributed by atoms with van der Waals surface area (Å²) in [5.41, 5.74) is 15.8. The van der Waals surface area contributed by atoms with E-state index in [4.69, 9.17) is 22.3 Å². The van der Waals surface area contributed by atoms with E-state index < -0.39 is 66.4 Å². The predicted octanol–water partition coefficient (Wildman–Crippen LogP) is -4.22. The number of carbonyl (C=O) groups excluding carboxylic acids is 3. The molecule has 0 radical (unpaired) electrons. The van der Waals surface area contributed by atoms with Crippen molar-refractivity contribution in [2.75, 3.05) is 6.54 Å². The first-order valence-corrected chi connectivity index (χ1v) is 9.61. The summed E-state index contributed by atoms with van der Waals surface area (Å²) >= 11 is 0. The van der Waals surface area contributed by atoms with Crippen molar-refractivity contribution in [3.63, 3.8) is 0 Å². The van der Waals surface area contributed by atoms with Crippen LogP contribution in [0.25, 0.3) is 0 Å². The topological polar surface area (TPSA) is 273 Å². The van der Waals surface area contributed by atoms with Crippen LogP contribution in [0.5, 0.6) is 0 Å². The lowest BCUT2D eigenvalue weighted by atomic mass is 10.1. The molecule has 5 unspecified atom stereocenters. The maximum atomic E-state index is 12.4. The highest BCUT2D eigenvalue weighted by atomic mass is 16.4. The molecule has 0 saturated carbocycles. The van der Waals surface area contributed by atoms with Crippen LogP contribution in [-0.2, 0) is 24.0 Å². The maximum absolute atomic E-state index is 12.4. The van der Waals surface area contributed by atoms with Gasteiger partial charge in [-0.3, -0.25) is 24.2 Å². The van der Waals surface area contributed by atoms with Crippen molar-refractivity contribution in [3.05, 3.63) is 0 Å². The third kappa shape index (κ3) is 11.1. The number of nitrogens with zero attached hydrogens (tertiary/aromatic N) is 1. The third-order valence-electron chi connectivity index (χ3n) is 4.11. The smallest absolute Gasteiger partial charge is 0.326 e. The van der Waals surface area contributed by atoms with Crippen molar-refractivity contribution >= 4 is 35.6 Å². The van der Waals surface area contributed by atoms with Crippen LogP contribution in [0.2, 0.25) is 0 Å². The first-order chi connectivity index (χ1) is 14.8. The van der Waals surface area contributed by atoms with Crippen molar-refractivity contribution in [2.24, 2.45) is 22.2 Å². The van der Waals surface area contributed by atoms with Crippen LogP contribution in [0, 0.1) is 0 Å². The van der Waals surface area contributed by atoms with Gasteiger partial charge in [0.15, 0.2) is 5.96 Å². The van der Waals surface area contributed by atoms with Gasteiger partial charge in [0.2, 0.25) is 17.7 Å². The second-order valence-corrected chi connectivity index (χ2v) is 7.01. The number of guanidine groups is 1. The Morgan fingerprint density at radius 3 is 2.00 bits per heavy atom. The molecule has 15 nitrogen and oxygen atoms in total. The molecule has 0 rings (SSSR count). The predicted molar refractivity (Wildman–Crippen MR) is 111 cm³/mol.